The van der Waals surface area contributed by atoms with Gasteiger partial charge in [-0.1, -0.05) is 0 Å². The summed E-state index contributed by atoms with van der Waals surface area (Å²) in [4.78, 5) is 11.7. The number of alkyl halides is 3. The summed E-state index contributed by atoms with van der Waals surface area (Å²) in [5.74, 6) is -0.524. The van der Waals surface area contributed by atoms with Crippen molar-refractivity contribution < 1.29 is 27.4 Å². The molecule has 2 unspecified atom stereocenters. The van der Waals surface area contributed by atoms with E-state index in [-0.39, 0.29) is 12.5 Å². The van der Waals surface area contributed by atoms with Gasteiger partial charge in [0.2, 0.25) is 0 Å². The van der Waals surface area contributed by atoms with Crippen molar-refractivity contribution >= 4 is 5.97 Å². The van der Waals surface area contributed by atoms with Gasteiger partial charge >= 0.3 is 12.1 Å². The average molecular weight is 285 g/mol. The molecule has 0 bridgehead atoms. The van der Waals surface area contributed by atoms with Crippen LogP contribution in [-0.4, -0.2) is 43.5 Å². The molecule has 4 nitrogen and oxygen atoms in total. The van der Waals surface area contributed by atoms with Gasteiger partial charge in [0.15, 0.2) is 0 Å². The molecule has 1 N–H and O–H groups in total. The number of carbonyl (C=O) groups excluding carboxylic acids is 1. The molecule has 0 aromatic rings. The lowest BCUT2D eigenvalue weighted by atomic mass is 9.93. The summed E-state index contributed by atoms with van der Waals surface area (Å²) < 4.78 is 45.5. The molecule has 0 amide bonds. The van der Waals surface area contributed by atoms with E-state index in [1.54, 1.807) is 6.92 Å². The van der Waals surface area contributed by atoms with Crippen LogP contribution in [0.4, 0.5) is 13.2 Å². The Morgan fingerprint density at radius 2 is 1.79 bits per heavy atom. The van der Waals surface area contributed by atoms with Gasteiger partial charge in [-0.05, 0) is 27.7 Å². The first-order chi connectivity index (χ1) is 8.50. The molecule has 0 rings (SSSR count). The van der Waals surface area contributed by atoms with Gasteiger partial charge in [0.05, 0.1) is 13.2 Å². The average Bonchev–Trinajstić information content (AvgIpc) is 2.23. The normalized spacial score (nSPS) is 17.1. The first-order valence-electron chi connectivity index (χ1n) is 6.04. The smallest absolute Gasteiger partial charge is 0.411 e. The highest BCUT2D eigenvalue weighted by atomic mass is 19.4. The molecule has 7 heteroatoms. The quantitative estimate of drug-likeness (QED) is 0.729. The molecule has 0 aromatic heterocycles. The minimum atomic E-state index is -4.37. The van der Waals surface area contributed by atoms with E-state index in [9.17, 15) is 18.0 Å². The van der Waals surface area contributed by atoms with E-state index < -0.39 is 30.4 Å². The molecule has 0 spiro atoms. The Hall–Kier alpha value is -0.820. The lowest BCUT2D eigenvalue weighted by molar-refractivity contribution is -0.186. The van der Waals surface area contributed by atoms with Gasteiger partial charge in [-0.3, -0.25) is 10.1 Å². The van der Waals surface area contributed by atoms with Gasteiger partial charge in [0.25, 0.3) is 0 Å². The fourth-order valence-corrected chi connectivity index (χ4v) is 1.93. The van der Waals surface area contributed by atoms with Crippen molar-refractivity contribution in [1.82, 2.24) is 5.32 Å². The minimum absolute atomic E-state index is 0.0149. The summed E-state index contributed by atoms with van der Waals surface area (Å²) in [5, 5.41) is 3.00. The third kappa shape index (κ3) is 7.37. The van der Waals surface area contributed by atoms with Crippen LogP contribution in [0.1, 0.15) is 34.1 Å². The lowest BCUT2D eigenvalue weighted by Crippen LogP contribution is -2.54. The number of ether oxygens (including phenoxy) is 2. The predicted octanol–water partition coefficient (Wildman–Crippen LogP) is 2.27. The predicted molar refractivity (Wildman–Crippen MR) is 64.8 cm³/mol. The zero-order valence-corrected chi connectivity index (χ0v) is 11.9. The van der Waals surface area contributed by atoms with Crippen LogP contribution in [-0.2, 0) is 14.3 Å². The van der Waals surface area contributed by atoms with E-state index >= 15 is 0 Å². The Balaban J connectivity index is 4.60. The molecule has 0 aliphatic rings. The zero-order chi connectivity index (χ0) is 15.3. The summed E-state index contributed by atoms with van der Waals surface area (Å²) >= 11 is 0. The first-order valence-corrected chi connectivity index (χ1v) is 6.04. The second kappa shape index (κ2) is 7.09. The molecule has 0 saturated carbocycles. The maximum atomic E-state index is 12.1. The fourth-order valence-electron chi connectivity index (χ4n) is 1.93. The summed E-state index contributed by atoms with van der Waals surface area (Å²) in [6, 6.07) is -0.0149. The van der Waals surface area contributed by atoms with Crippen LogP contribution in [0.25, 0.3) is 0 Å². The van der Waals surface area contributed by atoms with Crippen LogP contribution >= 0.6 is 0 Å². The number of nitrogens with one attached hydrogen (secondary N) is 1. The Bertz CT molecular complexity index is 294. The van der Waals surface area contributed by atoms with Crippen molar-refractivity contribution in [3.63, 3.8) is 0 Å². The van der Waals surface area contributed by atoms with Gasteiger partial charge in [-0.2, -0.15) is 13.2 Å². The van der Waals surface area contributed by atoms with Crippen molar-refractivity contribution in [1.29, 1.82) is 0 Å². The van der Waals surface area contributed by atoms with E-state index in [4.69, 9.17) is 4.74 Å². The van der Waals surface area contributed by atoms with Crippen molar-refractivity contribution in [3.05, 3.63) is 0 Å². The molecule has 0 radical (unpaired) electrons. The standard InChI is InChI=1S/C12H22F3NO3/c1-8(2)16-11(4,10(17)18-5)6-9(3)19-7-12(13,14)15/h8-9,16H,6-7H2,1-5H3. The summed E-state index contributed by atoms with van der Waals surface area (Å²) in [6.45, 7) is 5.43. The molecule has 0 fully saturated rings. The Morgan fingerprint density at radius 1 is 1.26 bits per heavy atom. The molecule has 0 aliphatic carbocycles. The third-order valence-electron chi connectivity index (χ3n) is 2.47. The lowest BCUT2D eigenvalue weighted by Gasteiger charge is -2.32. The van der Waals surface area contributed by atoms with E-state index in [1.807, 2.05) is 13.8 Å². The zero-order valence-electron chi connectivity index (χ0n) is 11.9. The highest BCUT2D eigenvalue weighted by molar-refractivity contribution is 5.80. The van der Waals surface area contributed by atoms with E-state index in [0.29, 0.717) is 0 Å². The van der Waals surface area contributed by atoms with Gasteiger partial charge in [0.1, 0.15) is 12.1 Å². The van der Waals surface area contributed by atoms with E-state index in [2.05, 4.69) is 10.1 Å². The highest BCUT2D eigenvalue weighted by Crippen LogP contribution is 2.21. The van der Waals surface area contributed by atoms with Gasteiger partial charge < -0.3 is 9.47 Å². The van der Waals surface area contributed by atoms with Crippen LogP contribution in [0.3, 0.4) is 0 Å². The number of rotatable bonds is 7. The topological polar surface area (TPSA) is 47.6 Å². The molecule has 19 heavy (non-hydrogen) atoms. The molecular formula is C12H22F3NO3. The number of hydrogen-bond donors (Lipinski definition) is 1. The molecular weight excluding hydrogens is 263 g/mol. The van der Waals surface area contributed by atoms with Crippen molar-refractivity contribution in [3.8, 4) is 0 Å². The maximum absolute atomic E-state index is 12.1. The third-order valence-corrected chi connectivity index (χ3v) is 2.47. The van der Waals surface area contributed by atoms with Crippen LogP contribution in [0.5, 0.6) is 0 Å². The van der Waals surface area contributed by atoms with Gasteiger partial charge in [-0.15, -0.1) is 0 Å². The maximum Gasteiger partial charge on any atom is 0.411 e. The van der Waals surface area contributed by atoms with Crippen molar-refractivity contribution in [2.45, 2.75) is 58.0 Å². The Labute approximate surface area is 111 Å². The van der Waals surface area contributed by atoms with Crippen LogP contribution in [0.2, 0.25) is 0 Å². The Kier molecular flexibility index (Phi) is 6.79. The van der Waals surface area contributed by atoms with Gasteiger partial charge in [-0.25, -0.2) is 0 Å². The molecule has 0 aromatic carbocycles. The Morgan fingerprint density at radius 3 is 2.16 bits per heavy atom. The number of carbonyl (C=O) groups is 1. The van der Waals surface area contributed by atoms with Gasteiger partial charge in [0, 0.05) is 12.5 Å². The van der Waals surface area contributed by atoms with E-state index in [1.165, 1.54) is 14.0 Å². The molecule has 0 heterocycles. The monoisotopic (exact) mass is 285 g/mol. The first kappa shape index (κ1) is 18.2. The number of hydrogen-bond acceptors (Lipinski definition) is 4. The SMILES string of the molecule is COC(=O)C(C)(CC(C)OCC(F)(F)F)NC(C)C. The van der Waals surface area contributed by atoms with Crippen LogP contribution in [0, 0.1) is 0 Å². The summed E-state index contributed by atoms with van der Waals surface area (Å²) in [7, 11) is 1.24. The molecule has 2 atom stereocenters. The molecule has 114 valence electrons. The van der Waals surface area contributed by atoms with Crippen molar-refractivity contribution in [2.75, 3.05) is 13.7 Å². The summed E-state index contributed by atoms with van der Waals surface area (Å²) in [5.41, 5.74) is -1.08. The fraction of sp³-hybridized carbons (Fsp3) is 0.917. The second-order valence-corrected chi connectivity index (χ2v) is 5.06. The van der Waals surface area contributed by atoms with Crippen LogP contribution < -0.4 is 5.32 Å². The van der Waals surface area contributed by atoms with Crippen molar-refractivity contribution in [2.24, 2.45) is 0 Å². The van der Waals surface area contributed by atoms with Crippen LogP contribution in [0.15, 0.2) is 0 Å². The number of halogens is 3. The molecule has 0 saturated heterocycles. The summed E-state index contributed by atoms with van der Waals surface area (Å²) in [6.07, 6.45) is -5.01. The van der Waals surface area contributed by atoms with E-state index in [0.717, 1.165) is 0 Å². The molecule has 0 aliphatic heterocycles. The highest BCUT2D eigenvalue weighted by Gasteiger charge is 2.37. The largest absolute Gasteiger partial charge is 0.468 e. The minimum Gasteiger partial charge on any atom is -0.468 e. The second-order valence-electron chi connectivity index (χ2n) is 5.06. The number of esters is 1. The number of methoxy groups -OCH3 is 1.